The van der Waals surface area contributed by atoms with Gasteiger partial charge in [-0.1, -0.05) is 12.1 Å². The van der Waals surface area contributed by atoms with Crippen molar-refractivity contribution < 1.29 is 4.74 Å². The molecule has 0 aliphatic rings. The van der Waals surface area contributed by atoms with Crippen LogP contribution in [-0.4, -0.2) is 28.7 Å². The molecule has 2 rings (SSSR count). The predicted molar refractivity (Wildman–Crippen MR) is 76.9 cm³/mol. The first-order valence-corrected chi connectivity index (χ1v) is 6.66. The normalized spacial score (nSPS) is 11.9. The van der Waals surface area contributed by atoms with Gasteiger partial charge in [0.25, 0.3) is 0 Å². The SMILES string of the molecule is CCOC(C)(C)CNCc1cnc2ccccc2n1. The minimum atomic E-state index is -0.154. The molecule has 102 valence electrons. The summed E-state index contributed by atoms with van der Waals surface area (Å²) in [4.78, 5) is 8.97. The molecule has 0 bridgehead atoms. The molecule has 0 spiro atoms. The molecule has 4 heteroatoms. The van der Waals surface area contributed by atoms with Gasteiger partial charge in [0, 0.05) is 19.7 Å². The van der Waals surface area contributed by atoms with E-state index in [1.54, 1.807) is 0 Å². The second kappa shape index (κ2) is 6.08. The molecule has 0 atom stereocenters. The van der Waals surface area contributed by atoms with E-state index in [1.165, 1.54) is 0 Å². The number of nitrogens with one attached hydrogen (secondary N) is 1. The average molecular weight is 259 g/mol. The number of para-hydroxylation sites is 2. The van der Waals surface area contributed by atoms with Gasteiger partial charge in [0.15, 0.2) is 0 Å². The third-order valence-corrected chi connectivity index (χ3v) is 2.89. The minimum absolute atomic E-state index is 0.154. The standard InChI is InChI=1S/C15H21N3O/c1-4-19-15(2,3)11-16-9-12-10-17-13-7-5-6-8-14(13)18-12/h5-8,10,16H,4,9,11H2,1-3H3. The van der Waals surface area contributed by atoms with Gasteiger partial charge in [-0.2, -0.15) is 0 Å². The van der Waals surface area contributed by atoms with E-state index in [1.807, 2.05) is 37.4 Å². The summed E-state index contributed by atoms with van der Waals surface area (Å²) in [6, 6.07) is 7.90. The summed E-state index contributed by atoms with van der Waals surface area (Å²) in [6.07, 6.45) is 1.82. The van der Waals surface area contributed by atoms with E-state index in [0.717, 1.165) is 29.9 Å². The fraction of sp³-hybridized carbons (Fsp3) is 0.467. The lowest BCUT2D eigenvalue weighted by molar-refractivity contribution is -0.00901. The van der Waals surface area contributed by atoms with Crippen molar-refractivity contribution in [3.05, 3.63) is 36.2 Å². The van der Waals surface area contributed by atoms with Crippen LogP contribution >= 0.6 is 0 Å². The maximum Gasteiger partial charge on any atom is 0.0890 e. The molecule has 1 heterocycles. The highest BCUT2D eigenvalue weighted by Crippen LogP contribution is 2.09. The molecular formula is C15H21N3O. The van der Waals surface area contributed by atoms with Gasteiger partial charge < -0.3 is 10.1 Å². The van der Waals surface area contributed by atoms with Crippen LogP contribution in [0.1, 0.15) is 26.5 Å². The molecule has 1 aromatic carbocycles. The number of hydrogen-bond donors (Lipinski definition) is 1. The van der Waals surface area contributed by atoms with Crippen LogP contribution in [0.5, 0.6) is 0 Å². The Morgan fingerprint density at radius 2 is 1.95 bits per heavy atom. The quantitative estimate of drug-likeness (QED) is 0.866. The van der Waals surface area contributed by atoms with E-state index in [9.17, 15) is 0 Å². The molecule has 0 amide bonds. The zero-order chi connectivity index (χ0) is 13.7. The highest BCUT2D eigenvalue weighted by molar-refractivity contribution is 5.73. The fourth-order valence-corrected chi connectivity index (χ4v) is 2.01. The van der Waals surface area contributed by atoms with Gasteiger partial charge in [-0.05, 0) is 32.9 Å². The third kappa shape index (κ3) is 3.98. The molecule has 1 aromatic heterocycles. The monoisotopic (exact) mass is 259 g/mol. The number of rotatable bonds is 6. The summed E-state index contributed by atoms with van der Waals surface area (Å²) in [5, 5.41) is 3.36. The maximum absolute atomic E-state index is 5.64. The molecule has 0 fully saturated rings. The minimum Gasteiger partial charge on any atom is -0.375 e. The number of hydrogen-bond acceptors (Lipinski definition) is 4. The van der Waals surface area contributed by atoms with Crippen LogP contribution in [0.15, 0.2) is 30.5 Å². The predicted octanol–water partition coefficient (Wildman–Crippen LogP) is 2.53. The molecule has 19 heavy (non-hydrogen) atoms. The zero-order valence-electron chi connectivity index (χ0n) is 11.8. The van der Waals surface area contributed by atoms with E-state index in [0.29, 0.717) is 6.54 Å². The Labute approximate surface area is 114 Å². The first-order chi connectivity index (χ1) is 9.11. The molecule has 0 saturated heterocycles. The van der Waals surface area contributed by atoms with E-state index in [2.05, 4.69) is 29.1 Å². The Kier molecular flexibility index (Phi) is 4.45. The Balaban J connectivity index is 1.95. The van der Waals surface area contributed by atoms with Crippen LogP contribution in [0.3, 0.4) is 0 Å². The van der Waals surface area contributed by atoms with E-state index >= 15 is 0 Å². The Morgan fingerprint density at radius 3 is 2.68 bits per heavy atom. The summed E-state index contributed by atoms with van der Waals surface area (Å²) in [5.74, 6) is 0. The smallest absolute Gasteiger partial charge is 0.0890 e. The van der Waals surface area contributed by atoms with Crippen molar-refractivity contribution in [2.75, 3.05) is 13.2 Å². The van der Waals surface area contributed by atoms with Gasteiger partial charge in [0.05, 0.1) is 28.5 Å². The Morgan fingerprint density at radius 1 is 1.21 bits per heavy atom. The third-order valence-electron chi connectivity index (χ3n) is 2.89. The fourth-order valence-electron chi connectivity index (χ4n) is 2.01. The number of fused-ring (bicyclic) bond motifs is 1. The van der Waals surface area contributed by atoms with Crippen LogP contribution < -0.4 is 5.32 Å². The van der Waals surface area contributed by atoms with Crippen molar-refractivity contribution in [2.24, 2.45) is 0 Å². The average Bonchev–Trinajstić information content (AvgIpc) is 2.38. The van der Waals surface area contributed by atoms with Gasteiger partial charge in [0.1, 0.15) is 0 Å². The second-order valence-electron chi connectivity index (χ2n) is 5.15. The topological polar surface area (TPSA) is 47.0 Å². The zero-order valence-corrected chi connectivity index (χ0v) is 11.8. The van der Waals surface area contributed by atoms with E-state index in [4.69, 9.17) is 4.74 Å². The number of nitrogens with zero attached hydrogens (tertiary/aromatic N) is 2. The molecular weight excluding hydrogens is 238 g/mol. The van der Waals surface area contributed by atoms with E-state index < -0.39 is 0 Å². The van der Waals surface area contributed by atoms with Gasteiger partial charge in [-0.25, -0.2) is 4.98 Å². The first kappa shape index (κ1) is 13.9. The number of ether oxygens (including phenoxy) is 1. The van der Waals surface area contributed by atoms with Crippen molar-refractivity contribution >= 4 is 11.0 Å². The van der Waals surface area contributed by atoms with Crippen LogP contribution in [-0.2, 0) is 11.3 Å². The van der Waals surface area contributed by atoms with Crippen molar-refractivity contribution in [3.8, 4) is 0 Å². The highest BCUT2D eigenvalue weighted by atomic mass is 16.5. The Bertz CT molecular complexity index is 540. The lowest BCUT2D eigenvalue weighted by atomic mass is 10.1. The van der Waals surface area contributed by atoms with Crippen LogP contribution in [0.2, 0.25) is 0 Å². The molecule has 1 N–H and O–H groups in total. The molecule has 2 aromatic rings. The summed E-state index contributed by atoms with van der Waals surface area (Å²) in [6.45, 7) is 8.38. The molecule has 0 radical (unpaired) electrons. The summed E-state index contributed by atoms with van der Waals surface area (Å²) in [7, 11) is 0. The molecule has 0 unspecified atom stereocenters. The summed E-state index contributed by atoms with van der Waals surface area (Å²) >= 11 is 0. The van der Waals surface area contributed by atoms with Crippen molar-refractivity contribution in [2.45, 2.75) is 32.9 Å². The molecule has 0 aliphatic heterocycles. The van der Waals surface area contributed by atoms with Gasteiger partial charge in [0.2, 0.25) is 0 Å². The molecule has 0 aliphatic carbocycles. The van der Waals surface area contributed by atoms with Crippen LogP contribution in [0.4, 0.5) is 0 Å². The maximum atomic E-state index is 5.64. The van der Waals surface area contributed by atoms with Crippen molar-refractivity contribution in [1.29, 1.82) is 0 Å². The second-order valence-corrected chi connectivity index (χ2v) is 5.15. The summed E-state index contributed by atoms with van der Waals surface area (Å²) < 4.78 is 5.64. The largest absolute Gasteiger partial charge is 0.375 e. The lowest BCUT2D eigenvalue weighted by Crippen LogP contribution is -2.37. The highest BCUT2D eigenvalue weighted by Gasteiger charge is 2.16. The van der Waals surface area contributed by atoms with Crippen molar-refractivity contribution in [3.63, 3.8) is 0 Å². The van der Waals surface area contributed by atoms with Crippen molar-refractivity contribution in [1.82, 2.24) is 15.3 Å². The number of aromatic nitrogens is 2. The molecule has 4 nitrogen and oxygen atoms in total. The first-order valence-electron chi connectivity index (χ1n) is 6.66. The summed E-state index contributed by atoms with van der Waals surface area (Å²) in [5.41, 5.74) is 2.66. The van der Waals surface area contributed by atoms with Crippen LogP contribution in [0.25, 0.3) is 11.0 Å². The van der Waals surface area contributed by atoms with E-state index in [-0.39, 0.29) is 5.60 Å². The lowest BCUT2D eigenvalue weighted by Gasteiger charge is -2.24. The van der Waals surface area contributed by atoms with Gasteiger partial charge in [-0.15, -0.1) is 0 Å². The van der Waals surface area contributed by atoms with Gasteiger partial charge >= 0.3 is 0 Å². The van der Waals surface area contributed by atoms with Gasteiger partial charge in [-0.3, -0.25) is 4.98 Å². The molecule has 0 saturated carbocycles. The Hall–Kier alpha value is -1.52. The van der Waals surface area contributed by atoms with Crippen LogP contribution in [0, 0.1) is 0 Å². The number of benzene rings is 1.